The maximum Gasteiger partial charge on any atom is 0.253 e. The summed E-state index contributed by atoms with van der Waals surface area (Å²) < 4.78 is 5.60. The van der Waals surface area contributed by atoms with Crippen molar-refractivity contribution in [2.75, 3.05) is 6.61 Å². The van der Waals surface area contributed by atoms with Gasteiger partial charge < -0.3 is 15.2 Å². The maximum absolute atomic E-state index is 12.7. The number of pyridine rings is 1. The summed E-state index contributed by atoms with van der Waals surface area (Å²) in [5.41, 5.74) is 1.82. The van der Waals surface area contributed by atoms with E-state index >= 15 is 0 Å². The van der Waals surface area contributed by atoms with Crippen molar-refractivity contribution in [2.45, 2.75) is 44.8 Å². The Labute approximate surface area is 168 Å². The summed E-state index contributed by atoms with van der Waals surface area (Å²) in [6, 6.07) is 6.71. The third kappa shape index (κ3) is 4.72. The molecule has 27 heavy (non-hydrogen) atoms. The van der Waals surface area contributed by atoms with Gasteiger partial charge in [-0.3, -0.25) is 4.79 Å². The van der Waals surface area contributed by atoms with E-state index in [-0.39, 0.29) is 11.9 Å². The molecule has 5 nitrogen and oxygen atoms in total. The Morgan fingerprint density at radius 2 is 2.04 bits per heavy atom. The second-order valence-electron chi connectivity index (χ2n) is 6.57. The van der Waals surface area contributed by atoms with E-state index in [0.29, 0.717) is 40.1 Å². The zero-order valence-electron chi connectivity index (χ0n) is 15.0. The van der Waals surface area contributed by atoms with Gasteiger partial charge in [0, 0.05) is 11.8 Å². The number of rotatable bonds is 5. The highest BCUT2D eigenvalue weighted by Crippen LogP contribution is 2.33. The van der Waals surface area contributed by atoms with Crippen LogP contribution >= 0.6 is 23.2 Å². The Hall–Kier alpha value is -1.82. The van der Waals surface area contributed by atoms with Crippen LogP contribution < -0.4 is 10.1 Å². The van der Waals surface area contributed by atoms with E-state index in [1.54, 1.807) is 24.3 Å². The molecule has 144 valence electrons. The molecular formula is C20H22Cl2N2O3. The number of nitrogens with one attached hydrogen (secondary N) is 1. The normalized spacial score (nSPS) is 19.6. The Morgan fingerprint density at radius 1 is 1.26 bits per heavy atom. The number of aliphatic hydroxyl groups excluding tert-OH is 1. The molecule has 3 rings (SSSR count). The van der Waals surface area contributed by atoms with Crippen LogP contribution in [0.15, 0.2) is 30.5 Å². The minimum absolute atomic E-state index is 0.230. The van der Waals surface area contributed by atoms with Crippen molar-refractivity contribution in [3.8, 4) is 17.0 Å². The number of hydrogen-bond donors (Lipinski definition) is 2. The molecule has 0 spiro atoms. The second-order valence-corrected chi connectivity index (χ2v) is 7.38. The number of benzene rings is 1. The maximum atomic E-state index is 12.7. The van der Waals surface area contributed by atoms with Gasteiger partial charge in [0.15, 0.2) is 0 Å². The van der Waals surface area contributed by atoms with E-state index in [9.17, 15) is 9.90 Å². The van der Waals surface area contributed by atoms with E-state index in [2.05, 4.69) is 10.3 Å². The van der Waals surface area contributed by atoms with E-state index in [1.807, 2.05) is 6.92 Å². The third-order valence-electron chi connectivity index (χ3n) is 4.67. The van der Waals surface area contributed by atoms with Gasteiger partial charge >= 0.3 is 0 Å². The average Bonchev–Trinajstić information content (AvgIpc) is 2.66. The van der Waals surface area contributed by atoms with Crippen molar-refractivity contribution in [3.05, 3.63) is 46.1 Å². The van der Waals surface area contributed by atoms with Gasteiger partial charge in [0.2, 0.25) is 5.88 Å². The second kappa shape index (κ2) is 8.91. The number of ether oxygens (including phenoxy) is 1. The van der Waals surface area contributed by atoms with Crippen LogP contribution in [-0.4, -0.2) is 34.8 Å². The van der Waals surface area contributed by atoms with Crippen molar-refractivity contribution < 1.29 is 14.6 Å². The quantitative estimate of drug-likeness (QED) is 0.764. The summed E-state index contributed by atoms with van der Waals surface area (Å²) in [5.74, 6) is 0.156. The highest BCUT2D eigenvalue weighted by Gasteiger charge is 2.25. The molecule has 0 aliphatic heterocycles. The summed E-state index contributed by atoms with van der Waals surface area (Å²) in [4.78, 5) is 17.0. The first kappa shape index (κ1) is 19.9. The highest BCUT2D eigenvalue weighted by atomic mass is 35.5. The smallest absolute Gasteiger partial charge is 0.253 e. The molecule has 1 amide bonds. The zero-order valence-corrected chi connectivity index (χ0v) is 16.6. The number of nitrogens with zero attached hydrogens (tertiary/aromatic N) is 1. The SMILES string of the molecule is CCOc1ncc(C(=O)N[C@@H]2CCCC[C@H]2O)cc1-c1ccc(Cl)c(Cl)c1. The van der Waals surface area contributed by atoms with Crippen LogP contribution in [0.5, 0.6) is 5.88 Å². The van der Waals surface area contributed by atoms with Gasteiger partial charge in [0.25, 0.3) is 5.91 Å². The minimum Gasteiger partial charge on any atom is -0.478 e. The Balaban J connectivity index is 1.90. The Bertz CT molecular complexity index is 829. The number of carbonyl (C=O) groups is 1. The number of amides is 1. The van der Waals surface area contributed by atoms with Crippen LogP contribution in [0.1, 0.15) is 43.0 Å². The number of aromatic nitrogens is 1. The number of halogens is 2. The number of carbonyl (C=O) groups excluding carboxylic acids is 1. The molecule has 1 saturated carbocycles. The molecule has 0 saturated heterocycles. The lowest BCUT2D eigenvalue weighted by Crippen LogP contribution is -2.45. The van der Waals surface area contributed by atoms with Crippen LogP contribution in [0.25, 0.3) is 11.1 Å². The van der Waals surface area contributed by atoms with Crippen molar-refractivity contribution in [1.29, 1.82) is 0 Å². The van der Waals surface area contributed by atoms with E-state index in [4.69, 9.17) is 27.9 Å². The van der Waals surface area contributed by atoms with Crippen molar-refractivity contribution in [3.63, 3.8) is 0 Å². The van der Waals surface area contributed by atoms with E-state index < -0.39 is 6.10 Å². The molecule has 2 aromatic rings. The molecule has 1 aromatic heterocycles. The lowest BCUT2D eigenvalue weighted by Gasteiger charge is -2.28. The fraction of sp³-hybridized carbons (Fsp3) is 0.400. The first-order valence-corrected chi connectivity index (χ1v) is 9.82. The fourth-order valence-corrected chi connectivity index (χ4v) is 3.53. The van der Waals surface area contributed by atoms with E-state index in [1.165, 1.54) is 6.20 Å². The molecule has 2 N–H and O–H groups in total. The number of aliphatic hydroxyl groups is 1. The highest BCUT2D eigenvalue weighted by molar-refractivity contribution is 6.42. The predicted molar refractivity (Wildman–Crippen MR) is 107 cm³/mol. The molecule has 1 aromatic carbocycles. The first-order valence-electron chi connectivity index (χ1n) is 9.06. The van der Waals surface area contributed by atoms with Crippen molar-refractivity contribution in [2.24, 2.45) is 0 Å². The Morgan fingerprint density at radius 3 is 2.74 bits per heavy atom. The third-order valence-corrected chi connectivity index (χ3v) is 5.41. The lowest BCUT2D eigenvalue weighted by molar-refractivity contribution is 0.0717. The Kier molecular flexibility index (Phi) is 6.58. The predicted octanol–water partition coefficient (Wildman–Crippen LogP) is 4.49. The molecular weight excluding hydrogens is 387 g/mol. The van der Waals surface area contributed by atoms with Crippen LogP contribution in [0.4, 0.5) is 0 Å². The molecule has 1 aliphatic rings. The fourth-order valence-electron chi connectivity index (χ4n) is 3.23. The van der Waals surface area contributed by atoms with Crippen molar-refractivity contribution >= 4 is 29.1 Å². The summed E-state index contributed by atoms with van der Waals surface area (Å²) in [6.45, 7) is 2.31. The van der Waals surface area contributed by atoms with Gasteiger partial charge in [-0.25, -0.2) is 4.98 Å². The molecule has 7 heteroatoms. The molecule has 0 bridgehead atoms. The lowest BCUT2D eigenvalue weighted by atomic mass is 9.92. The molecule has 2 atom stereocenters. The van der Waals surface area contributed by atoms with Gasteiger partial charge in [-0.15, -0.1) is 0 Å². The summed E-state index contributed by atoms with van der Waals surface area (Å²) in [7, 11) is 0. The molecule has 0 radical (unpaired) electrons. The zero-order chi connectivity index (χ0) is 19.4. The van der Waals surface area contributed by atoms with Crippen LogP contribution in [0, 0.1) is 0 Å². The van der Waals surface area contributed by atoms with Gasteiger partial charge in [0.05, 0.1) is 34.4 Å². The van der Waals surface area contributed by atoms with Crippen LogP contribution in [-0.2, 0) is 0 Å². The molecule has 1 fully saturated rings. The standard InChI is InChI=1S/C20H22Cl2N2O3/c1-2-27-20-14(12-7-8-15(21)16(22)10-12)9-13(11-23-20)19(26)24-17-5-3-4-6-18(17)25/h7-11,17-18,25H,2-6H2,1H3,(H,24,26)/t17-,18-/m1/s1. The average molecular weight is 409 g/mol. The first-order chi connectivity index (χ1) is 13.0. The largest absolute Gasteiger partial charge is 0.478 e. The molecule has 1 aliphatic carbocycles. The minimum atomic E-state index is -0.507. The van der Waals surface area contributed by atoms with Gasteiger partial charge in [0.1, 0.15) is 0 Å². The summed E-state index contributed by atoms with van der Waals surface area (Å²) in [6.07, 6.45) is 4.44. The monoisotopic (exact) mass is 408 g/mol. The molecule has 1 heterocycles. The van der Waals surface area contributed by atoms with Crippen molar-refractivity contribution in [1.82, 2.24) is 10.3 Å². The van der Waals surface area contributed by atoms with Gasteiger partial charge in [-0.1, -0.05) is 42.1 Å². The van der Waals surface area contributed by atoms with Gasteiger partial charge in [-0.2, -0.15) is 0 Å². The van der Waals surface area contributed by atoms with Crippen LogP contribution in [0.2, 0.25) is 10.0 Å². The molecule has 0 unspecified atom stereocenters. The summed E-state index contributed by atoms with van der Waals surface area (Å²) in [5, 5.41) is 13.9. The van der Waals surface area contributed by atoms with Gasteiger partial charge in [-0.05, 0) is 43.5 Å². The topological polar surface area (TPSA) is 71.5 Å². The van der Waals surface area contributed by atoms with Crippen LogP contribution in [0.3, 0.4) is 0 Å². The summed E-state index contributed by atoms with van der Waals surface area (Å²) >= 11 is 12.1. The number of hydrogen-bond acceptors (Lipinski definition) is 4. The van der Waals surface area contributed by atoms with E-state index in [0.717, 1.165) is 24.8 Å².